The summed E-state index contributed by atoms with van der Waals surface area (Å²) in [4.78, 5) is 20.2. The molecule has 0 aliphatic rings. The average Bonchev–Trinajstić information content (AvgIpc) is 2.29. The molecular weight excluding hydrogens is 240 g/mol. The molecule has 2 unspecified atom stereocenters. The SMILES string of the molecule is CCC(c1ccc([N+](=O)[O-])cc1[N+](=O)[O-])C(C)O. The van der Waals surface area contributed by atoms with Crippen molar-refractivity contribution in [2.24, 2.45) is 0 Å². The lowest BCUT2D eigenvalue weighted by Gasteiger charge is -2.18. The molecule has 98 valence electrons. The highest BCUT2D eigenvalue weighted by Crippen LogP contribution is 2.33. The third-order valence-corrected chi connectivity index (χ3v) is 2.84. The molecule has 1 rings (SSSR count). The lowest BCUT2D eigenvalue weighted by atomic mass is 9.90. The Morgan fingerprint density at radius 2 is 1.89 bits per heavy atom. The molecule has 0 heterocycles. The number of aliphatic hydroxyl groups is 1. The van der Waals surface area contributed by atoms with E-state index in [0.29, 0.717) is 12.0 Å². The molecule has 1 aromatic carbocycles. The summed E-state index contributed by atoms with van der Waals surface area (Å²) in [5.41, 5.74) is -0.328. The second kappa shape index (κ2) is 5.54. The van der Waals surface area contributed by atoms with E-state index in [1.807, 2.05) is 0 Å². The first-order valence-corrected chi connectivity index (χ1v) is 5.49. The van der Waals surface area contributed by atoms with Gasteiger partial charge in [-0.2, -0.15) is 0 Å². The smallest absolute Gasteiger partial charge is 0.279 e. The predicted octanol–water partition coefficient (Wildman–Crippen LogP) is 2.38. The Bertz CT molecular complexity index is 473. The van der Waals surface area contributed by atoms with Crippen LogP contribution in [0.25, 0.3) is 0 Å². The van der Waals surface area contributed by atoms with Crippen LogP contribution in [0.2, 0.25) is 0 Å². The summed E-state index contributed by atoms with van der Waals surface area (Å²) < 4.78 is 0. The van der Waals surface area contributed by atoms with Crippen LogP contribution >= 0.6 is 0 Å². The zero-order valence-corrected chi connectivity index (χ0v) is 10.1. The summed E-state index contributed by atoms with van der Waals surface area (Å²) in [6.07, 6.45) is -0.244. The Morgan fingerprint density at radius 1 is 1.28 bits per heavy atom. The largest absolute Gasteiger partial charge is 0.393 e. The third kappa shape index (κ3) is 2.80. The van der Waals surface area contributed by atoms with Crippen LogP contribution in [0.3, 0.4) is 0 Å². The molecule has 7 heteroatoms. The zero-order chi connectivity index (χ0) is 13.9. The van der Waals surface area contributed by atoms with Crippen molar-refractivity contribution in [3.05, 3.63) is 44.0 Å². The van der Waals surface area contributed by atoms with Crippen LogP contribution in [0.4, 0.5) is 11.4 Å². The molecule has 0 radical (unpaired) electrons. The summed E-state index contributed by atoms with van der Waals surface area (Å²) in [7, 11) is 0. The minimum atomic E-state index is -0.754. The van der Waals surface area contributed by atoms with Gasteiger partial charge in [0.05, 0.1) is 22.0 Å². The van der Waals surface area contributed by atoms with Crippen molar-refractivity contribution in [1.29, 1.82) is 0 Å². The number of non-ortho nitro benzene ring substituents is 1. The van der Waals surface area contributed by atoms with Crippen molar-refractivity contribution in [3.8, 4) is 0 Å². The quantitative estimate of drug-likeness (QED) is 0.641. The highest BCUT2D eigenvalue weighted by molar-refractivity contribution is 5.50. The fourth-order valence-electron chi connectivity index (χ4n) is 1.94. The van der Waals surface area contributed by atoms with Crippen LogP contribution in [0.5, 0.6) is 0 Å². The van der Waals surface area contributed by atoms with E-state index in [4.69, 9.17) is 0 Å². The topological polar surface area (TPSA) is 107 Å². The van der Waals surface area contributed by atoms with Crippen molar-refractivity contribution < 1.29 is 15.0 Å². The number of nitro benzene ring substituents is 2. The molecule has 0 fully saturated rings. The number of hydrogen-bond donors (Lipinski definition) is 1. The van der Waals surface area contributed by atoms with E-state index < -0.39 is 21.9 Å². The molecule has 0 aliphatic heterocycles. The Labute approximate surface area is 103 Å². The number of nitrogens with zero attached hydrogens (tertiary/aromatic N) is 2. The first kappa shape index (κ1) is 14.0. The minimum absolute atomic E-state index is 0.322. The van der Waals surface area contributed by atoms with Crippen LogP contribution in [0.15, 0.2) is 18.2 Å². The Morgan fingerprint density at radius 3 is 2.28 bits per heavy atom. The predicted molar refractivity (Wildman–Crippen MR) is 64.5 cm³/mol. The molecule has 18 heavy (non-hydrogen) atoms. The summed E-state index contributed by atoms with van der Waals surface area (Å²) >= 11 is 0. The lowest BCUT2D eigenvalue weighted by molar-refractivity contribution is -0.394. The van der Waals surface area contributed by atoms with E-state index in [1.54, 1.807) is 13.8 Å². The number of nitro groups is 2. The van der Waals surface area contributed by atoms with Gasteiger partial charge in [0.1, 0.15) is 0 Å². The molecule has 7 nitrogen and oxygen atoms in total. The standard InChI is InChI=1S/C11H14N2O5/c1-3-9(7(2)14)10-5-4-8(12(15)16)6-11(10)13(17)18/h4-7,9,14H,3H2,1-2H3. The maximum absolute atomic E-state index is 10.9. The van der Waals surface area contributed by atoms with Gasteiger partial charge in [0, 0.05) is 17.5 Å². The van der Waals surface area contributed by atoms with Gasteiger partial charge in [-0.1, -0.05) is 6.92 Å². The minimum Gasteiger partial charge on any atom is -0.393 e. The zero-order valence-electron chi connectivity index (χ0n) is 10.1. The molecule has 0 saturated heterocycles. The number of rotatable bonds is 5. The molecule has 0 bridgehead atoms. The molecule has 0 aliphatic carbocycles. The van der Waals surface area contributed by atoms with Gasteiger partial charge in [-0.25, -0.2) is 0 Å². The Hall–Kier alpha value is -2.02. The summed E-state index contributed by atoms with van der Waals surface area (Å²) in [6.45, 7) is 3.34. The molecule has 2 atom stereocenters. The molecule has 0 aromatic heterocycles. The molecule has 0 saturated carbocycles. The Balaban J connectivity index is 3.35. The molecule has 0 spiro atoms. The van der Waals surface area contributed by atoms with Gasteiger partial charge in [0.15, 0.2) is 0 Å². The molecule has 1 N–H and O–H groups in total. The number of benzene rings is 1. The number of aliphatic hydroxyl groups excluding tert-OH is 1. The van der Waals surface area contributed by atoms with Crippen molar-refractivity contribution in [3.63, 3.8) is 0 Å². The van der Waals surface area contributed by atoms with Crippen LogP contribution < -0.4 is 0 Å². The summed E-state index contributed by atoms with van der Waals surface area (Å²) in [5, 5.41) is 31.1. The van der Waals surface area contributed by atoms with Gasteiger partial charge in [0.2, 0.25) is 0 Å². The van der Waals surface area contributed by atoms with E-state index >= 15 is 0 Å². The van der Waals surface area contributed by atoms with Crippen LogP contribution in [-0.2, 0) is 0 Å². The van der Waals surface area contributed by atoms with Gasteiger partial charge in [-0.05, 0) is 19.4 Å². The second-order valence-electron chi connectivity index (χ2n) is 4.01. The van der Waals surface area contributed by atoms with Gasteiger partial charge < -0.3 is 5.11 Å². The van der Waals surface area contributed by atoms with Gasteiger partial charge in [-0.3, -0.25) is 20.2 Å². The third-order valence-electron chi connectivity index (χ3n) is 2.84. The first-order chi connectivity index (χ1) is 8.38. The fourth-order valence-corrected chi connectivity index (χ4v) is 1.94. The van der Waals surface area contributed by atoms with Crippen LogP contribution in [0, 0.1) is 20.2 Å². The fraction of sp³-hybridized carbons (Fsp3) is 0.455. The normalized spacial score (nSPS) is 13.9. The van der Waals surface area contributed by atoms with Crippen LogP contribution in [-0.4, -0.2) is 21.1 Å². The average molecular weight is 254 g/mol. The van der Waals surface area contributed by atoms with Crippen molar-refractivity contribution in [1.82, 2.24) is 0 Å². The number of hydrogen-bond acceptors (Lipinski definition) is 5. The van der Waals surface area contributed by atoms with E-state index in [9.17, 15) is 25.3 Å². The van der Waals surface area contributed by atoms with Crippen molar-refractivity contribution in [2.45, 2.75) is 32.3 Å². The Kier molecular flexibility index (Phi) is 4.33. The van der Waals surface area contributed by atoms with Gasteiger partial charge in [0.25, 0.3) is 11.4 Å². The van der Waals surface area contributed by atoms with E-state index in [-0.39, 0.29) is 11.4 Å². The summed E-state index contributed by atoms with van der Waals surface area (Å²) in [5.74, 6) is -0.411. The van der Waals surface area contributed by atoms with Crippen molar-refractivity contribution >= 4 is 11.4 Å². The summed E-state index contributed by atoms with van der Waals surface area (Å²) in [6, 6.07) is 3.49. The van der Waals surface area contributed by atoms with E-state index in [1.165, 1.54) is 12.1 Å². The van der Waals surface area contributed by atoms with E-state index in [0.717, 1.165) is 6.07 Å². The maximum Gasteiger partial charge on any atom is 0.279 e. The first-order valence-electron chi connectivity index (χ1n) is 5.49. The highest BCUT2D eigenvalue weighted by Gasteiger charge is 2.26. The lowest BCUT2D eigenvalue weighted by Crippen LogP contribution is -2.15. The van der Waals surface area contributed by atoms with Crippen LogP contribution in [0.1, 0.15) is 31.7 Å². The molecule has 0 amide bonds. The van der Waals surface area contributed by atoms with Crippen molar-refractivity contribution in [2.75, 3.05) is 0 Å². The van der Waals surface area contributed by atoms with E-state index in [2.05, 4.69) is 0 Å². The van der Waals surface area contributed by atoms with Gasteiger partial charge >= 0.3 is 0 Å². The molecular formula is C11H14N2O5. The highest BCUT2D eigenvalue weighted by atomic mass is 16.6. The maximum atomic E-state index is 10.9. The second-order valence-corrected chi connectivity index (χ2v) is 4.01. The molecule has 1 aromatic rings. The monoisotopic (exact) mass is 254 g/mol. The van der Waals surface area contributed by atoms with Gasteiger partial charge in [-0.15, -0.1) is 0 Å².